The van der Waals surface area contributed by atoms with Crippen molar-refractivity contribution in [2.45, 2.75) is 11.8 Å². The second-order valence-electron chi connectivity index (χ2n) is 4.17. The Kier molecular flexibility index (Phi) is 3.83. The quantitative estimate of drug-likeness (QED) is 0.813. The molecule has 0 spiro atoms. The first kappa shape index (κ1) is 13.9. The van der Waals surface area contributed by atoms with Crippen LogP contribution in [0.15, 0.2) is 47.4 Å². The summed E-state index contributed by atoms with van der Waals surface area (Å²) in [6.07, 6.45) is 0. The van der Waals surface area contributed by atoms with E-state index >= 15 is 0 Å². The summed E-state index contributed by atoms with van der Waals surface area (Å²) in [7, 11) is 3.00. The summed E-state index contributed by atoms with van der Waals surface area (Å²) in [5, 5.41) is 0. The summed E-state index contributed by atoms with van der Waals surface area (Å²) in [5.74, 6) is 0.242. The number of hydrogen-bond donors (Lipinski definition) is 0. The molecule has 0 saturated heterocycles. The third-order valence-corrected chi connectivity index (χ3v) is 4.12. The third kappa shape index (κ3) is 3.08. The molecule has 0 aliphatic heterocycles. The molecule has 19 heavy (non-hydrogen) atoms. The van der Waals surface area contributed by atoms with Gasteiger partial charge in [0, 0.05) is 10.7 Å². The maximum absolute atomic E-state index is 11.5. The second-order valence-corrected chi connectivity index (χ2v) is 6.71. The number of ether oxygens (including phenoxy) is 1. The summed E-state index contributed by atoms with van der Waals surface area (Å²) < 4.78 is 28.1. The number of methoxy groups -OCH3 is 1. The number of hydrogen-bond acceptors (Lipinski definition) is 3. The van der Waals surface area contributed by atoms with Crippen molar-refractivity contribution in [3.05, 3.63) is 48.0 Å². The van der Waals surface area contributed by atoms with Gasteiger partial charge in [-0.25, -0.2) is 8.42 Å². The van der Waals surface area contributed by atoms with Crippen LogP contribution in [0.4, 0.5) is 0 Å². The van der Waals surface area contributed by atoms with Crippen LogP contribution in [0.2, 0.25) is 0 Å². The van der Waals surface area contributed by atoms with Gasteiger partial charge in [-0.05, 0) is 30.2 Å². The van der Waals surface area contributed by atoms with Crippen molar-refractivity contribution in [1.29, 1.82) is 0 Å². The van der Waals surface area contributed by atoms with Gasteiger partial charge in [0.15, 0.2) is 0 Å². The van der Waals surface area contributed by atoms with Gasteiger partial charge >= 0.3 is 0 Å². The van der Waals surface area contributed by atoms with Gasteiger partial charge in [0.1, 0.15) is 10.6 Å². The van der Waals surface area contributed by atoms with E-state index in [1.807, 2.05) is 31.2 Å². The van der Waals surface area contributed by atoms with E-state index in [1.165, 1.54) is 13.2 Å². The molecule has 0 bridgehead atoms. The summed E-state index contributed by atoms with van der Waals surface area (Å²) in [4.78, 5) is -0.0179. The zero-order valence-corrected chi connectivity index (χ0v) is 12.1. The Hall–Kier alpha value is -1.52. The first-order valence-corrected chi connectivity index (χ1v) is 7.92. The molecule has 2 rings (SSSR count). The lowest BCUT2D eigenvalue weighted by molar-refractivity contribution is 0.403. The lowest BCUT2D eigenvalue weighted by Gasteiger charge is -2.09. The minimum Gasteiger partial charge on any atom is -0.495 e. The van der Waals surface area contributed by atoms with E-state index in [1.54, 1.807) is 12.1 Å². The van der Waals surface area contributed by atoms with Crippen molar-refractivity contribution in [3.63, 3.8) is 0 Å². The molecule has 0 amide bonds. The van der Waals surface area contributed by atoms with Gasteiger partial charge < -0.3 is 4.74 Å². The van der Waals surface area contributed by atoms with Crippen LogP contribution < -0.4 is 4.74 Å². The fourth-order valence-electron chi connectivity index (χ4n) is 1.87. The molecule has 0 N–H and O–H groups in total. The minimum atomic E-state index is -3.84. The first-order chi connectivity index (χ1) is 8.91. The van der Waals surface area contributed by atoms with E-state index < -0.39 is 9.05 Å². The van der Waals surface area contributed by atoms with Gasteiger partial charge in [-0.15, -0.1) is 0 Å². The lowest BCUT2D eigenvalue weighted by atomic mass is 10.0. The largest absolute Gasteiger partial charge is 0.495 e. The Balaban J connectivity index is 2.62. The van der Waals surface area contributed by atoms with E-state index in [0.717, 1.165) is 16.7 Å². The van der Waals surface area contributed by atoms with E-state index in [0.29, 0.717) is 0 Å². The van der Waals surface area contributed by atoms with E-state index in [-0.39, 0.29) is 10.6 Å². The molecule has 0 radical (unpaired) electrons. The van der Waals surface area contributed by atoms with Crippen molar-refractivity contribution < 1.29 is 13.2 Å². The first-order valence-electron chi connectivity index (χ1n) is 5.61. The molecular weight excluding hydrogens is 284 g/mol. The minimum absolute atomic E-state index is 0.0179. The Morgan fingerprint density at radius 3 is 2.32 bits per heavy atom. The predicted octanol–water partition coefficient (Wildman–Crippen LogP) is 3.60. The highest BCUT2D eigenvalue weighted by Crippen LogP contribution is 2.32. The molecule has 0 aliphatic carbocycles. The van der Waals surface area contributed by atoms with Gasteiger partial charge in [-0.1, -0.05) is 35.9 Å². The summed E-state index contributed by atoms with van der Waals surface area (Å²) in [6, 6.07) is 12.7. The summed E-state index contributed by atoms with van der Waals surface area (Å²) >= 11 is 0. The van der Waals surface area contributed by atoms with Gasteiger partial charge in [0.05, 0.1) is 7.11 Å². The molecule has 0 saturated carbocycles. The molecule has 100 valence electrons. The number of halogens is 1. The Morgan fingerprint density at radius 2 is 1.74 bits per heavy atom. The molecule has 0 heterocycles. The maximum atomic E-state index is 11.5. The molecule has 0 unspecified atom stereocenters. The average Bonchev–Trinajstić information content (AvgIpc) is 2.37. The van der Waals surface area contributed by atoms with E-state index in [9.17, 15) is 8.42 Å². The predicted molar refractivity (Wildman–Crippen MR) is 76.2 cm³/mol. The Morgan fingerprint density at radius 1 is 1.05 bits per heavy atom. The van der Waals surface area contributed by atoms with Crippen LogP contribution in [0.5, 0.6) is 5.75 Å². The van der Waals surface area contributed by atoms with Gasteiger partial charge in [0.2, 0.25) is 0 Å². The average molecular weight is 297 g/mol. The standard InChI is InChI=1S/C14H13ClO3S/c1-10-4-3-5-11(8-10)12-6-7-13(18-2)14(9-12)19(15,16)17/h3-9H,1-2H3. The molecule has 0 atom stereocenters. The molecule has 0 aliphatic rings. The van der Waals surface area contributed by atoms with Crippen LogP contribution in [0.1, 0.15) is 5.56 Å². The SMILES string of the molecule is COc1ccc(-c2cccc(C)c2)cc1S(=O)(=O)Cl. The van der Waals surface area contributed by atoms with Gasteiger partial charge in [0.25, 0.3) is 9.05 Å². The molecule has 2 aromatic rings. The van der Waals surface area contributed by atoms with Crippen LogP contribution in [-0.4, -0.2) is 15.5 Å². The molecule has 5 heteroatoms. The topological polar surface area (TPSA) is 43.4 Å². The summed E-state index contributed by atoms with van der Waals surface area (Å²) in [5.41, 5.74) is 2.82. The molecule has 3 nitrogen and oxygen atoms in total. The Bertz CT molecular complexity index is 708. The smallest absolute Gasteiger partial charge is 0.265 e. The number of rotatable bonds is 3. The van der Waals surface area contributed by atoms with Crippen LogP contribution in [0, 0.1) is 6.92 Å². The zero-order valence-electron chi connectivity index (χ0n) is 10.6. The normalized spacial score (nSPS) is 11.3. The maximum Gasteiger partial charge on any atom is 0.265 e. The zero-order chi connectivity index (χ0) is 14.0. The van der Waals surface area contributed by atoms with Crippen molar-refractivity contribution in [2.24, 2.45) is 0 Å². The highest BCUT2D eigenvalue weighted by molar-refractivity contribution is 8.13. The van der Waals surface area contributed by atoms with E-state index in [2.05, 4.69) is 0 Å². The van der Waals surface area contributed by atoms with E-state index in [4.69, 9.17) is 15.4 Å². The summed E-state index contributed by atoms with van der Waals surface area (Å²) in [6.45, 7) is 1.98. The highest BCUT2D eigenvalue weighted by Gasteiger charge is 2.17. The fraction of sp³-hybridized carbons (Fsp3) is 0.143. The lowest BCUT2D eigenvalue weighted by Crippen LogP contribution is -1.96. The van der Waals surface area contributed by atoms with Crippen LogP contribution >= 0.6 is 10.7 Å². The van der Waals surface area contributed by atoms with Gasteiger partial charge in [-0.2, -0.15) is 0 Å². The molecule has 2 aromatic carbocycles. The Labute approximate surface area is 117 Å². The van der Waals surface area contributed by atoms with Crippen LogP contribution in [-0.2, 0) is 9.05 Å². The number of aryl methyl sites for hydroxylation is 1. The van der Waals surface area contributed by atoms with Gasteiger partial charge in [-0.3, -0.25) is 0 Å². The van der Waals surface area contributed by atoms with Crippen molar-refractivity contribution in [3.8, 4) is 16.9 Å². The van der Waals surface area contributed by atoms with Crippen molar-refractivity contribution >= 4 is 19.7 Å². The number of benzene rings is 2. The molecule has 0 fully saturated rings. The fourth-order valence-corrected chi connectivity index (χ4v) is 2.89. The third-order valence-electron chi connectivity index (χ3n) is 2.78. The molecule has 0 aromatic heterocycles. The van der Waals surface area contributed by atoms with Crippen LogP contribution in [0.3, 0.4) is 0 Å². The second kappa shape index (κ2) is 5.23. The monoisotopic (exact) mass is 296 g/mol. The van der Waals surface area contributed by atoms with Crippen LogP contribution in [0.25, 0.3) is 11.1 Å². The molecular formula is C14H13ClO3S. The van der Waals surface area contributed by atoms with Crippen molar-refractivity contribution in [2.75, 3.05) is 7.11 Å². The highest BCUT2D eigenvalue weighted by atomic mass is 35.7. The van der Waals surface area contributed by atoms with Crippen molar-refractivity contribution in [1.82, 2.24) is 0 Å².